The smallest absolute Gasteiger partial charge is 0.140 e. The zero-order valence-corrected chi connectivity index (χ0v) is 13.5. The first-order valence-corrected chi connectivity index (χ1v) is 8.45. The Morgan fingerprint density at radius 3 is 3.00 bits per heavy atom. The summed E-state index contributed by atoms with van der Waals surface area (Å²) in [5.41, 5.74) is 2.39. The highest BCUT2D eigenvalue weighted by Gasteiger charge is 2.24. The van der Waals surface area contributed by atoms with Gasteiger partial charge >= 0.3 is 0 Å². The molecule has 1 aliphatic carbocycles. The topological polar surface area (TPSA) is 43.0 Å². The zero-order chi connectivity index (χ0) is 15.8. The van der Waals surface area contributed by atoms with Crippen LogP contribution in [0.5, 0.6) is 0 Å². The summed E-state index contributed by atoms with van der Waals surface area (Å²) in [5, 5.41) is 10.7. The molecule has 4 heteroatoms. The summed E-state index contributed by atoms with van der Waals surface area (Å²) < 4.78 is 4.46. The number of hydrogen-bond acceptors (Lipinski definition) is 2. The van der Waals surface area contributed by atoms with Crippen LogP contribution in [0.25, 0.3) is 22.3 Å². The van der Waals surface area contributed by atoms with Gasteiger partial charge in [0.15, 0.2) is 0 Å². The molecule has 1 saturated carbocycles. The summed E-state index contributed by atoms with van der Waals surface area (Å²) in [6.07, 6.45) is 10.6. The number of fused-ring (bicyclic) bond motifs is 1. The monoisotopic (exact) mass is 309 g/mol. The Hall–Kier alpha value is -2.07. The van der Waals surface area contributed by atoms with E-state index in [1.807, 2.05) is 6.20 Å². The summed E-state index contributed by atoms with van der Waals surface area (Å²) in [6, 6.07) is 9.13. The molecule has 1 fully saturated rings. The van der Waals surface area contributed by atoms with Crippen molar-refractivity contribution in [2.75, 3.05) is 6.61 Å². The van der Waals surface area contributed by atoms with E-state index in [1.54, 1.807) is 0 Å². The molecular weight excluding hydrogens is 286 g/mol. The van der Waals surface area contributed by atoms with Crippen molar-refractivity contribution >= 4 is 10.9 Å². The van der Waals surface area contributed by atoms with Crippen LogP contribution in [0, 0.1) is 5.92 Å². The maximum absolute atomic E-state index is 9.49. The Bertz CT molecular complexity index is 817. The van der Waals surface area contributed by atoms with Gasteiger partial charge in [0.2, 0.25) is 0 Å². The number of hydrogen-bond donors (Lipinski definition) is 1. The van der Waals surface area contributed by atoms with Gasteiger partial charge in [-0.15, -0.1) is 0 Å². The molecule has 0 unspecified atom stereocenters. The molecule has 4 rings (SSSR count). The highest BCUT2D eigenvalue weighted by Crippen LogP contribution is 2.35. The van der Waals surface area contributed by atoms with Gasteiger partial charge in [0.1, 0.15) is 5.82 Å². The third-order valence-corrected chi connectivity index (χ3v) is 5.22. The Kier molecular flexibility index (Phi) is 3.69. The molecule has 120 valence electrons. The van der Waals surface area contributed by atoms with Gasteiger partial charge in [0, 0.05) is 49.4 Å². The van der Waals surface area contributed by atoms with E-state index in [2.05, 4.69) is 57.8 Å². The van der Waals surface area contributed by atoms with E-state index in [1.165, 1.54) is 23.7 Å². The highest BCUT2D eigenvalue weighted by atomic mass is 16.3. The van der Waals surface area contributed by atoms with E-state index >= 15 is 0 Å². The van der Waals surface area contributed by atoms with Crippen molar-refractivity contribution in [2.45, 2.75) is 31.7 Å². The second-order valence-corrected chi connectivity index (χ2v) is 6.73. The predicted octanol–water partition coefficient (Wildman–Crippen LogP) is 3.77. The number of aryl methyl sites for hydroxylation is 1. The fourth-order valence-corrected chi connectivity index (χ4v) is 3.91. The van der Waals surface area contributed by atoms with E-state index in [0.717, 1.165) is 24.2 Å². The molecule has 0 aliphatic heterocycles. The Balaban J connectivity index is 1.71. The van der Waals surface area contributed by atoms with E-state index in [0.29, 0.717) is 18.6 Å². The number of aromatic nitrogens is 3. The van der Waals surface area contributed by atoms with Gasteiger partial charge in [-0.2, -0.15) is 0 Å². The lowest BCUT2D eigenvalue weighted by molar-refractivity contribution is 0.163. The molecule has 1 N–H and O–H groups in total. The summed E-state index contributed by atoms with van der Waals surface area (Å²) in [5.74, 6) is 1.47. The largest absolute Gasteiger partial charge is 0.396 e. The molecule has 0 spiro atoms. The fourth-order valence-electron chi connectivity index (χ4n) is 3.91. The zero-order valence-electron chi connectivity index (χ0n) is 13.5. The molecular formula is C19H23N3O. The molecule has 0 saturated heterocycles. The molecule has 1 aliphatic rings. The van der Waals surface area contributed by atoms with Crippen molar-refractivity contribution in [3.05, 3.63) is 42.9 Å². The van der Waals surface area contributed by atoms with Crippen LogP contribution in [0.4, 0.5) is 0 Å². The molecule has 0 amide bonds. The van der Waals surface area contributed by atoms with E-state index < -0.39 is 0 Å². The SMILES string of the molecule is Cn1ccc2ccc(-c3nccn3[C@@H]3CCC[C@H](CO)C3)cc21. The molecule has 2 aromatic heterocycles. The number of benzene rings is 1. The Labute approximate surface area is 136 Å². The first-order chi connectivity index (χ1) is 11.3. The summed E-state index contributed by atoms with van der Waals surface area (Å²) >= 11 is 0. The van der Waals surface area contributed by atoms with Crippen molar-refractivity contribution in [1.29, 1.82) is 0 Å². The quantitative estimate of drug-likeness (QED) is 0.800. The van der Waals surface area contributed by atoms with Crippen LogP contribution in [0.2, 0.25) is 0 Å². The molecule has 2 atom stereocenters. The number of imidazole rings is 1. The van der Waals surface area contributed by atoms with Gasteiger partial charge in [-0.1, -0.05) is 18.6 Å². The Morgan fingerprint density at radius 1 is 1.22 bits per heavy atom. The number of aliphatic hydroxyl groups is 1. The maximum atomic E-state index is 9.49. The third kappa shape index (κ3) is 2.57. The van der Waals surface area contributed by atoms with E-state index in [4.69, 9.17) is 0 Å². The summed E-state index contributed by atoms with van der Waals surface area (Å²) in [7, 11) is 2.07. The number of nitrogens with zero attached hydrogens (tertiary/aromatic N) is 3. The summed E-state index contributed by atoms with van der Waals surface area (Å²) in [6.45, 7) is 0.301. The van der Waals surface area contributed by atoms with E-state index in [9.17, 15) is 5.11 Å². The molecule has 0 radical (unpaired) electrons. The van der Waals surface area contributed by atoms with Crippen molar-refractivity contribution in [2.24, 2.45) is 13.0 Å². The number of rotatable bonds is 3. The van der Waals surface area contributed by atoms with Crippen LogP contribution in [0.15, 0.2) is 42.9 Å². The number of aliphatic hydroxyl groups excluding tert-OH is 1. The lowest BCUT2D eigenvalue weighted by Crippen LogP contribution is -2.21. The van der Waals surface area contributed by atoms with Crippen LogP contribution in [0.1, 0.15) is 31.7 Å². The average molecular weight is 309 g/mol. The molecule has 2 heterocycles. The van der Waals surface area contributed by atoms with Gasteiger partial charge in [-0.25, -0.2) is 4.98 Å². The van der Waals surface area contributed by atoms with Crippen molar-refractivity contribution in [3.63, 3.8) is 0 Å². The average Bonchev–Trinajstić information content (AvgIpc) is 3.22. The van der Waals surface area contributed by atoms with Gasteiger partial charge < -0.3 is 14.2 Å². The first-order valence-electron chi connectivity index (χ1n) is 8.45. The second kappa shape index (κ2) is 5.85. The van der Waals surface area contributed by atoms with E-state index in [-0.39, 0.29) is 0 Å². The normalized spacial score (nSPS) is 21.8. The summed E-state index contributed by atoms with van der Waals surface area (Å²) in [4.78, 5) is 4.62. The Morgan fingerprint density at radius 2 is 2.13 bits per heavy atom. The van der Waals surface area contributed by atoms with Crippen LogP contribution in [-0.2, 0) is 7.05 Å². The van der Waals surface area contributed by atoms with Crippen LogP contribution in [0.3, 0.4) is 0 Å². The molecule has 0 bridgehead atoms. The standard InChI is InChI=1S/C19H23N3O/c1-21-9-7-15-5-6-16(12-18(15)21)19-20-8-10-22(19)17-4-2-3-14(11-17)13-23/h5-10,12,14,17,23H,2-4,11,13H2,1H3/t14-,17+/m0/s1. The van der Waals surface area contributed by atoms with Gasteiger partial charge in [0.25, 0.3) is 0 Å². The fraction of sp³-hybridized carbons (Fsp3) is 0.421. The minimum Gasteiger partial charge on any atom is -0.396 e. The molecule has 1 aromatic carbocycles. The van der Waals surface area contributed by atoms with Crippen LogP contribution >= 0.6 is 0 Å². The lowest BCUT2D eigenvalue weighted by Gasteiger charge is -2.30. The maximum Gasteiger partial charge on any atom is 0.140 e. The molecule has 3 aromatic rings. The van der Waals surface area contributed by atoms with Crippen LogP contribution < -0.4 is 0 Å². The minimum absolute atomic E-state index is 0.301. The van der Waals surface area contributed by atoms with Crippen molar-refractivity contribution < 1.29 is 5.11 Å². The minimum atomic E-state index is 0.301. The molecule has 23 heavy (non-hydrogen) atoms. The van der Waals surface area contributed by atoms with Crippen LogP contribution in [-0.4, -0.2) is 25.8 Å². The molecule has 4 nitrogen and oxygen atoms in total. The van der Waals surface area contributed by atoms with Gasteiger partial charge in [-0.05, 0) is 42.7 Å². The van der Waals surface area contributed by atoms with Crippen molar-refractivity contribution in [1.82, 2.24) is 14.1 Å². The predicted molar refractivity (Wildman–Crippen MR) is 92.2 cm³/mol. The van der Waals surface area contributed by atoms with Crippen molar-refractivity contribution in [3.8, 4) is 11.4 Å². The second-order valence-electron chi connectivity index (χ2n) is 6.73. The first kappa shape index (κ1) is 14.5. The highest BCUT2D eigenvalue weighted by molar-refractivity contribution is 5.84. The van der Waals surface area contributed by atoms with Gasteiger partial charge in [0.05, 0.1) is 0 Å². The van der Waals surface area contributed by atoms with Gasteiger partial charge in [-0.3, -0.25) is 0 Å². The third-order valence-electron chi connectivity index (χ3n) is 5.22. The lowest BCUT2D eigenvalue weighted by atomic mass is 9.86.